The second kappa shape index (κ2) is 6.88. The number of hydrogen-bond donors (Lipinski definition) is 2. The quantitative estimate of drug-likeness (QED) is 0.865. The van der Waals surface area contributed by atoms with Crippen molar-refractivity contribution in [2.45, 2.75) is 45.6 Å². The van der Waals surface area contributed by atoms with E-state index in [4.69, 9.17) is 4.98 Å². The van der Waals surface area contributed by atoms with E-state index >= 15 is 0 Å². The highest BCUT2D eigenvalue weighted by molar-refractivity contribution is 5.57. The molecule has 5 heteroatoms. The standard InChI is InChI=1S/C15H27N5/c1-5-7-13-18-14(16-3)11(2)15(19-13)17-12-8-6-9-20(4)10-12/h12H,5-10H2,1-4H3,(H2,16,17,18,19). The molecule has 1 unspecified atom stereocenters. The predicted octanol–water partition coefficient (Wildman–Crippen LogP) is 2.29. The van der Waals surface area contributed by atoms with Crippen LogP contribution in [0.5, 0.6) is 0 Å². The molecule has 0 saturated carbocycles. The number of hydrogen-bond acceptors (Lipinski definition) is 5. The molecule has 1 aliphatic heterocycles. The second-order valence-electron chi connectivity index (χ2n) is 5.71. The molecule has 20 heavy (non-hydrogen) atoms. The Bertz CT molecular complexity index is 446. The number of rotatable bonds is 5. The molecular weight excluding hydrogens is 250 g/mol. The van der Waals surface area contributed by atoms with Gasteiger partial charge in [0.1, 0.15) is 17.5 Å². The highest BCUT2D eigenvalue weighted by Gasteiger charge is 2.19. The van der Waals surface area contributed by atoms with Crippen LogP contribution in [0.15, 0.2) is 0 Å². The monoisotopic (exact) mass is 277 g/mol. The van der Waals surface area contributed by atoms with Gasteiger partial charge in [-0.25, -0.2) is 9.97 Å². The van der Waals surface area contributed by atoms with E-state index < -0.39 is 0 Å². The summed E-state index contributed by atoms with van der Waals surface area (Å²) in [6, 6.07) is 0.488. The molecule has 0 spiro atoms. The van der Waals surface area contributed by atoms with Crippen molar-refractivity contribution in [3.63, 3.8) is 0 Å². The van der Waals surface area contributed by atoms with Crippen LogP contribution in [0.1, 0.15) is 37.6 Å². The van der Waals surface area contributed by atoms with Crippen molar-refractivity contribution in [3.8, 4) is 0 Å². The van der Waals surface area contributed by atoms with Crippen molar-refractivity contribution in [2.75, 3.05) is 37.8 Å². The van der Waals surface area contributed by atoms with Crippen LogP contribution in [-0.2, 0) is 6.42 Å². The third-order valence-electron chi connectivity index (χ3n) is 3.87. The lowest BCUT2D eigenvalue weighted by molar-refractivity contribution is 0.260. The van der Waals surface area contributed by atoms with Crippen molar-refractivity contribution in [2.24, 2.45) is 0 Å². The van der Waals surface area contributed by atoms with E-state index in [2.05, 4.69) is 41.4 Å². The Morgan fingerprint density at radius 2 is 2.05 bits per heavy atom. The summed E-state index contributed by atoms with van der Waals surface area (Å²) >= 11 is 0. The van der Waals surface area contributed by atoms with Gasteiger partial charge in [-0.2, -0.15) is 0 Å². The molecule has 1 saturated heterocycles. The lowest BCUT2D eigenvalue weighted by atomic mass is 10.1. The van der Waals surface area contributed by atoms with E-state index in [0.29, 0.717) is 6.04 Å². The molecular formula is C15H27N5. The van der Waals surface area contributed by atoms with Gasteiger partial charge < -0.3 is 15.5 Å². The lowest BCUT2D eigenvalue weighted by Gasteiger charge is -2.31. The molecule has 1 aliphatic rings. The zero-order valence-electron chi connectivity index (χ0n) is 13.2. The maximum Gasteiger partial charge on any atom is 0.135 e. The third kappa shape index (κ3) is 3.60. The summed E-state index contributed by atoms with van der Waals surface area (Å²) in [5.74, 6) is 2.86. The molecule has 0 amide bonds. The van der Waals surface area contributed by atoms with E-state index in [9.17, 15) is 0 Å². The molecule has 0 aliphatic carbocycles. The molecule has 1 aromatic heterocycles. The molecule has 2 rings (SSSR count). The van der Waals surface area contributed by atoms with Crippen LogP contribution in [0, 0.1) is 6.92 Å². The van der Waals surface area contributed by atoms with Crippen LogP contribution in [0.3, 0.4) is 0 Å². The fourth-order valence-corrected chi connectivity index (χ4v) is 2.76. The zero-order valence-corrected chi connectivity index (χ0v) is 13.2. The number of aryl methyl sites for hydroxylation is 1. The molecule has 1 aromatic rings. The minimum absolute atomic E-state index is 0.488. The minimum atomic E-state index is 0.488. The van der Waals surface area contributed by atoms with Crippen LogP contribution >= 0.6 is 0 Å². The molecule has 112 valence electrons. The Morgan fingerprint density at radius 3 is 2.70 bits per heavy atom. The molecule has 0 aromatic carbocycles. The van der Waals surface area contributed by atoms with Gasteiger partial charge in [-0.1, -0.05) is 6.92 Å². The van der Waals surface area contributed by atoms with Crippen LogP contribution < -0.4 is 10.6 Å². The maximum atomic E-state index is 4.71. The van der Waals surface area contributed by atoms with Crippen LogP contribution in [0.25, 0.3) is 0 Å². The summed E-state index contributed by atoms with van der Waals surface area (Å²) in [5, 5.41) is 6.80. The fourth-order valence-electron chi connectivity index (χ4n) is 2.76. The highest BCUT2D eigenvalue weighted by Crippen LogP contribution is 2.22. The number of aromatic nitrogens is 2. The summed E-state index contributed by atoms with van der Waals surface area (Å²) in [7, 11) is 4.10. The van der Waals surface area contributed by atoms with E-state index in [1.54, 1.807) is 0 Å². The topological polar surface area (TPSA) is 53.1 Å². The average Bonchev–Trinajstić information content (AvgIpc) is 2.42. The first-order chi connectivity index (χ1) is 9.63. The lowest BCUT2D eigenvalue weighted by Crippen LogP contribution is -2.40. The average molecular weight is 277 g/mol. The molecule has 1 fully saturated rings. The maximum absolute atomic E-state index is 4.71. The van der Waals surface area contributed by atoms with Gasteiger partial charge in [-0.15, -0.1) is 0 Å². The molecule has 2 heterocycles. The first-order valence-electron chi connectivity index (χ1n) is 7.64. The van der Waals surface area contributed by atoms with E-state index in [1.807, 2.05) is 7.05 Å². The molecule has 5 nitrogen and oxygen atoms in total. The number of likely N-dealkylation sites (N-methyl/N-ethyl adjacent to an activating group) is 1. The van der Waals surface area contributed by atoms with Crippen LogP contribution in [0.2, 0.25) is 0 Å². The first-order valence-corrected chi connectivity index (χ1v) is 7.64. The van der Waals surface area contributed by atoms with E-state index in [1.165, 1.54) is 19.4 Å². The Morgan fingerprint density at radius 1 is 1.30 bits per heavy atom. The minimum Gasteiger partial charge on any atom is -0.373 e. The third-order valence-corrected chi connectivity index (χ3v) is 3.87. The summed E-state index contributed by atoms with van der Waals surface area (Å²) < 4.78 is 0. The second-order valence-corrected chi connectivity index (χ2v) is 5.71. The summed E-state index contributed by atoms with van der Waals surface area (Å²) in [5.41, 5.74) is 1.11. The van der Waals surface area contributed by atoms with Gasteiger partial charge in [-0.05, 0) is 39.8 Å². The number of likely N-dealkylation sites (tertiary alicyclic amines) is 1. The Labute approximate surface area is 122 Å². The smallest absolute Gasteiger partial charge is 0.135 e. The van der Waals surface area contributed by atoms with E-state index in [-0.39, 0.29) is 0 Å². The van der Waals surface area contributed by atoms with Crippen molar-refractivity contribution < 1.29 is 0 Å². The Kier molecular flexibility index (Phi) is 5.17. The highest BCUT2D eigenvalue weighted by atomic mass is 15.2. The number of nitrogens with one attached hydrogen (secondary N) is 2. The summed E-state index contributed by atoms with van der Waals surface area (Å²) in [4.78, 5) is 11.7. The van der Waals surface area contributed by atoms with Crippen molar-refractivity contribution >= 4 is 11.6 Å². The van der Waals surface area contributed by atoms with Gasteiger partial charge in [-0.3, -0.25) is 0 Å². The Balaban J connectivity index is 2.18. The van der Waals surface area contributed by atoms with Gasteiger partial charge >= 0.3 is 0 Å². The number of anilines is 2. The van der Waals surface area contributed by atoms with Gasteiger partial charge in [0.2, 0.25) is 0 Å². The largest absolute Gasteiger partial charge is 0.373 e. The number of piperidine rings is 1. The van der Waals surface area contributed by atoms with Gasteiger partial charge in [0.15, 0.2) is 0 Å². The van der Waals surface area contributed by atoms with Crippen molar-refractivity contribution in [1.29, 1.82) is 0 Å². The summed E-state index contributed by atoms with van der Waals surface area (Å²) in [6.07, 6.45) is 4.46. The van der Waals surface area contributed by atoms with Crippen LogP contribution in [-0.4, -0.2) is 48.1 Å². The van der Waals surface area contributed by atoms with Crippen molar-refractivity contribution in [1.82, 2.24) is 14.9 Å². The van der Waals surface area contributed by atoms with Crippen LogP contribution in [0.4, 0.5) is 11.6 Å². The Hall–Kier alpha value is -1.36. The van der Waals surface area contributed by atoms with Gasteiger partial charge in [0, 0.05) is 31.6 Å². The van der Waals surface area contributed by atoms with Gasteiger partial charge in [0.25, 0.3) is 0 Å². The number of nitrogens with zero attached hydrogens (tertiary/aromatic N) is 3. The SMILES string of the molecule is CCCc1nc(NC)c(C)c(NC2CCCN(C)C2)n1. The molecule has 0 bridgehead atoms. The molecule has 0 radical (unpaired) electrons. The fraction of sp³-hybridized carbons (Fsp3) is 0.733. The molecule has 2 N–H and O–H groups in total. The zero-order chi connectivity index (χ0) is 14.5. The summed E-state index contributed by atoms with van der Waals surface area (Å²) in [6.45, 7) is 6.52. The van der Waals surface area contributed by atoms with E-state index in [0.717, 1.165) is 42.4 Å². The predicted molar refractivity (Wildman–Crippen MR) is 84.5 cm³/mol. The first kappa shape index (κ1) is 15.0. The molecule has 1 atom stereocenters. The van der Waals surface area contributed by atoms with Gasteiger partial charge in [0.05, 0.1) is 0 Å². The normalized spacial score (nSPS) is 19.9. The van der Waals surface area contributed by atoms with Crippen molar-refractivity contribution in [3.05, 3.63) is 11.4 Å².